The minimum atomic E-state index is -1.07. The van der Waals surface area contributed by atoms with Gasteiger partial charge in [0, 0.05) is 13.6 Å². The largest absolute Gasteiger partial charge is 0.476 e. The second-order valence-electron chi connectivity index (χ2n) is 4.84. The average Bonchev–Trinajstić information content (AvgIpc) is 2.43. The molecule has 0 spiro atoms. The third kappa shape index (κ3) is 3.12. The van der Waals surface area contributed by atoms with E-state index in [1.54, 1.807) is 0 Å². The van der Waals surface area contributed by atoms with Gasteiger partial charge in [-0.1, -0.05) is 18.2 Å². The van der Waals surface area contributed by atoms with Crippen LogP contribution in [0.25, 0.3) is 0 Å². The monoisotopic (exact) mass is 271 g/mol. The van der Waals surface area contributed by atoms with E-state index in [-0.39, 0.29) is 5.69 Å². The van der Waals surface area contributed by atoms with Crippen LogP contribution >= 0.6 is 0 Å². The summed E-state index contributed by atoms with van der Waals surface area (Å²) in [7, 11) is 1.90. The van der Waals surface area contributed by atoms with Gasteiger partial charge in [-0.2, -0.15) is 0 Å². The van der Waals surface area contributed by atoms with Crippen molar-refractivity contribution in [2.45, 2.75) is 20.4 Å². The zero-order valence-corrected chi connectivity index (χ0v) is 11.8. The van der Waals surface area contributed by atoms with Crippen LogP contribution in [-0.4, -0.2) is 28.1 Å². The molecule has 0 saturated carbocycles. The van der Waals surface area contributed by atoms with E-state index in [0.29, 0.717) is 12.4 Å². The van der Waals surface area contributed by atoms with E-state index >= 15 is 0 Å². The van der Waals surface area contributed by atoms with E-state index in [4.69, 9.17) is 5.11 Å². The Hall–Kier alpha value is -2.43. The first-order valence-corrected chi connectivity index (χ1v) is 6.30. The maximum atomic E-state index is 10.7. The normalized spacial score (nSPS) is 10.3. The van der Waals surface area contributed by atoms with Gasteiger partial charge in [-0.05, 0) is 30.5 Å². The molecule has 1 heterocycles. The van der Waals surface area contributed by atoms with Gasteiger partial charge in [-0.3, -0.25) is 0 Å². The highest BCUT2D eigenvalue weighted by molar-refractivity contribution is 5.84. The molecule has 1 aromatic carbocycles. The third-order valence-corrected chi connectivity index (χ3v) is 3.24. The van der Waals surface area contributed by atoms with Crippen LogP contribution in [0.1, 0.15) is 27.2 Å². The molecule has 0 amide bonds. The molecule has 0 aliphatic heterocycles. The summed E-state index contributed by atoms with van der Waals surface area (Å²) in [5.41, 5.74) is 3.65. The summed E-state index contributed by atoms with van der Waals surface area (Å²) in [6, 6.07) is 6.32. The topological polar surface area (TPSA) is 66.3 Å². The lowest BCUT2D eigenvalue weighted by Gasteiger charge is -2.18. The Bertz CT molecular complexity index is 624. The van der Waals surface area contributed by atoms with E-state index in [2.05, 4.69) is 42.0 Å². The molecular weight excluding hydrogens is 254 g/mol. The van der Waals surface area contributed by atoms with Crippen LogP contribution in [-0.2, 0) is 6.54 Å². The van der Waals surface area contributed by atoms with E-state index in [1.165, 1.54) is 29.1 Å². The van der Waals surface area contributed by atoms with Crippen molar-refractivity contribution < 1.29 is 9.90 Å². The van der Waals surface area contributed by atoms with Crippen molar-refractivity contribution in [1.82, 2.24) is 9.97 Å². The quantitative estimate of drug-likeness (QED) is 0.925. The highest BCUT2D eigenvalue weighted by atomic mass is 16.4. The SMILES string of the molecule is Cc1ccc(CN(C)c2cnc(C(=O)O)cn2)cc1C. The number of hydrogen-bond donors (Lipinski definition) is 1. The van der Waals surface area contributed by atoms with Gasteiger partial charge in [0.2, 0.25) is 0 Å². The molecule has 0 aliphatic carbocycles. The summed E-state index contributed by atoms with van der Waals surface area (Å²) in [4.78, 5) is 20.6. The third-order valence-electron chi connectivity index (χ3n) is 3.24. The minimum Gasteiger partial charge on any atom is -0.476 e. The van der Waals surface area contributed by atoms with Crippen molar-refractivity contribution in [3.8, 4) is 0 Å². The van der Waals surface area contributed by atoms with Crippen molar-refractivity contribution >= 4 is 11.8 Å². The Morgan fingerprint density at radius 1 is 1.20 bits per heavy atom. The first-order valence-electron chi connectivity index (χ1n) is 6.30. The molecule has 0 radical (unpaired) electrons. The lowest BCUT2D eigenvalue weighted by atomic mass is 10.1. The van der Waals surface area contributed by atoms with Gasteiger partial charge >= 0.3 is 5.97 Å². The number of nitrogens with zero attached hydrogens (tertiary/aromatic N) is 3. The number of carbonyl (C=O) groups is 1. The fourth-order valence-corrected chi connectivity index (χ4v) is 1.89. The smallest absolute Gasteiger partial charge is 0.356 e. The molecule has 0 aliphatic rings. The first kappa shape index (κ1) is 14.0. The van der Waals surface area contributed by atoms with Crippen LogP contribution in [0.4, 0.5) is 5.82 Å². The van der Waals surface area contributed by atoms with Crippen LogP contribution in [0.2, 0.25) is 0 Å². The molecule has 5 nitrogen and oxygen atoms in total. The zero-order valence-electron chi connectivity index (χ0n) is 11.8. The van der Waals surface area contributed by atoms with Crippen molar-refractivity contribution in [2.24, 2.45) is 0 Å². The number of carboxylic acid groups (broad SMARTS) is 1. The molecule has 20 heavy (non-hydrogen) atoms. The van der Waals surface area contributed by atoms with Gasteiger partial charge in [0.25, 0.3) is 0 Å². The van der Waals surface area contributed by atoms with Crippen LogP contribution in [0.5, 0.6) is 0 Å². The number of benzene rings is 1. The van der Waals surface area contributed by atoms with Crippen LogP contribution in [0.3, 0.4) is 0 Å². The van der Waals surface area contributed by atoms with Crippen molar-refractivity contribution in [2.75, 3.05) is 11.9 Å². The van der Waals surface area contributed by atoms with Gasteiger partial charge in [0.1, 0.15) is 5.82 Å². The number of hydrogen-bond acceptors (Lipinski definition) is 4. The van der Waals surface area contributed by atoms with Gasteiger partial charge in [-0.25, -0.2) is 14.8 Å². The number of anilines is 1. The predicted molar refractivity (Wildman–Crippen MR) is 77.0 cm³/mol. The Kier molecular flexibility index (Phi) is 3.98. The maximum absolute atomic E-state index is 10.7. The zero-order chi connectivity index (χ0) is 14.7. The van der Waals surface area contributed by atoms with Crippen molar-refractivity contribution in [3.05, 3.63) is 53.0 Å². The fraction of sp³-hybridized carbons (Fsp3) is 0.267. The predicted octanol–water partition coefficient (Wildman–Crippen LogP) is 2.43. The first-order chi connectivity index (χ1) is 9.47. The number of aromatic nitrogens is 2. The standard InChI is InChI=1S/C15H17N3O2/c1-10-4-5-12(6-11(10)2)9-18(3)14-8-16-13(7-17-14)15(19)20/h4-8H,9H2,1-3H3,(H,19,20). The number of carboxylic acids is 1. The Labute approximate surface area is 117 Å². The number of rotatable bonds is 4. The molecule has 104 valence electrons. The van der Waals surface area contributed by atoms with Gasteiger partial charge in [0.15, 0.2) is 5.69 Å². The highest BCUT2D eigenvalue weighted by Gasteiger charge is 2.08. The second-order valence-corrected chi connectivity index (χ2v) is 4.84. The molecule has 0 saturated heterocycles. The average molecular weight is 271 g/mol. The Morgan fingerprint density at radius 2 is 1.95 bits per heavy atom. The van der Waals surface area contributed by atoms with Crippen molar-refractivity contribution in [1.29, 1.82) is 0 Å². The lowest BCUT2D eigenvalue weighted by Crippen LogP contribution is -2.18. The van der Waals surface area contributed by atoms with E-state index < -0.39 is 5.97 Å². The molecule has 5 heteroatoms. The van der Waals surface area contributed by atoms with E-state index in [0.717, 1.165) is 0 Å². The van der Waals surface area contributed by atoms with Crippen LogP contribution in [0, 0.1) is 13.8 Å². The maximum Gasteiger partial charge on any atom is 0.356 e. The highest BCUT2D eigenvalue weighted by Crippen LogP contribution is 2.14. The molecule has 2 aromatic rings. The molecule has 0 atom stereocenters. The summed E-state index contributed by atoms with van der Waals surface area (Å²) in [5, 5.41) is 8.79. The molecule has 1 N–H and O–H groups in total. The molecule has 0 unspecified atom stereocenters. The Morgan fingerprint density at radius 3 is 2.50 bits per heavy atom. The van der Waals surface area contributed by atoms with E-state index in [1.807, 2.05) is 11.9 Å². The lowest BCUT2D eigenvalue weighted by molar-refractivity contribution is 0.0690. The van der Waals surface area contributed by atoms with Gasteiger partial charge in [0.05, 0.1) is 12.4 Å². The summed E-state index contributed by atoms with van der Waals surface area (Å²) < 4.78 is 0. The van der Waals surface area contributed by atoms with Crippen LogP contribution < -0.4 is 4.90 Å². The second kappa shape index (κ2) is 5.69. The molecule has 0 bridgehead atoms. The fourth-order valence-electron chi connectivity index (χ4n) is 1.89. The number of aromatic carboxylic acids is 1. The Balaban J connectivity index is 2.12. The summed E-state index contributed by atoms with van der Waals surface area (Å²) in [5.74, 6) is -0.422. The molecule has 1 aromatic heterocycles. The molecular formula is C15H17N3O2. The van der Waals surface area contributed by atoms with Gasteiger partial charge in [-0.15, -0.1) is 0 Å². The summed E-state index contributed by atoms with van der Waals surface area (Å²) >= 11 is 0. The van der Waals surface area contributed by atoms with Crippen LogP contribution in [0.15, 0.2) is 30.6 Å². The molecule has 2 rings (SSSR count). The minimum absolute atomic E-state index is 0.0478. The number of aryl methyl sites for hydroxylation is 2. The summed E-state index contributed by atoms with van der Waals surface area (Å²) in [6.45, 7) is 4.86. The van der Waals surface area contributed by atoms with Crippen molar-refractivity contribution in [3.63, 3.8) is 0 Å². The van der Waals surface area contributed by atoms with E-state index in [9.17, 15) is 4.79 Å². The summed E-state index contributed by atoms with van der Waals surface area (Å²) in [6.07, 6.45) is 2.75. The molecule has 0 fully saturated rings. The van der Waals surface area contributed by atoms with Gasteiger partial charge < -0.3 is 10.0 Å².